The number of hydrogen-bond donors (Lipinski definition) is 2. The number of sulfonamides is 1. The van der Waals surface area contributed by atoms with E-state index in [9.17, 15) is 13.2 Å². The molecule has 1 amide bonds. The third kappa shape index (κ3) is 4.18. The number of rotatable bonds is 5. The zero-order valence-electron chi connectivity index (χ0n) is 12.1. The number of nitrogens with one attached hydrogen (secondary N) is 1. The third-order valence-corrected chi connectivity index (χ3v) is 5.21. The molecule has 3 N–H and O–H groups in total. The van der Waals surface area contributed by atoms with Crippen LogP contribution in [0.4, 0.5) is 11.4 Å². The molecule has 2 rings (SSSR count). The van der Waals surface area contributed by atoms with E-state index >= 15 is 0 Å². The summed E-state index contributed by atoms with van der Waals surface area (Å²) in [5.41, 5.74) is 6.81. The summed E-state index contributed by atoms with van der Waals surface area (Å²) in [7, 11) is -3.20. The lowest BCUT2D eigenvalue weighted by molar-refractivity contribution is -0.116. The Morgan fingerprint density at radius 2 is 2.24 bits per heavy atom. The van der Waals surface area contributed by atoms with Crippen molar-refractivity contribution >= 4 is 27.3 Å². The van der Waals surface area contributed by atoms with Crippen molar-refractivity contribution in [3.8, 4) is 0 Å². The van der Waals surface area contributed by atoms with Crippen LogP contribution in [-0.2, 0) is 14.8 Å². The number of hydrogen-bond acceptors (Lipinski definition) is 4. The van der Waals surface area contributed by atoms with Crippen molar-refractivity contribution in [3.05, 3.63) is 24.3 Å². The van der Waals surface area contributed by atoms with Gasteiger partial charge in [0.15, 0.2) is 0 Å². The highest BCUT2D eigenvalue weighted by Gasteiger charge is 2.28. The van der Waals surface area contributed by atoms with Gasteiger partial charge in [-0.1, -0.05) is 6.07 Å². The molecule has 21 heavy (non-hydrogen) atoms. The van der Waals surface area contributed by atoms with Crippen LogP contribution in [0.3, 0.4) is 0 Å². The first kappa shape index (κ1) is 15.8. The van der Waals surface area contributed by atoms with Gasteiger partial charge in [0.1, 0.15) is 0 Å². The summed E-state index contributed by atoms with van der Waals surface area (Å²) < 4.78 is 25.2. The molecule has 1 fully saturated rings. The van der Waals surface area contributed by atoms with Crippen LogP contribution in [0.1, 0.15) is 26.2 Å². The second-order valence-corrected chi connectivity index (χ2v) is 7.37. The van der Waals surface area contributed by atoms with E-state index in [1.54, 1.807) is 24.3 Å². The van der Waals surface area contributed by atoms with Gasteiger partial charge in [-0.25, -0.2) is 8.42 Å². The average molecular weight is 311 g/mol. The summed E-state index contributed by atoms with van der Waals surface area (Å²) >= 11 is 0. The number of nitrogens with two attached hydrogens (primary N) is 1. The van der Waals surface area contributed by atoms with E-state index in [4.69, 9.17) is 5.73 Å². The van der Waals surface area contributed by atoms with Gasteiger partial charge in [0.25, 0.3) is 0 Å². The van der Waals surface area contributed by atoms with Crippen LogP contribution in [0.2, 0.25) is 0 Å². The molecule has 0 aliphatic carbocycles. The second-order valence-electron chi connectivity index (χ2n) is 5.36. The van der Waals surface area contributed by atoms with E-state index in [-0.39, 0.29) is 17.7 Å². The summed E-state index contributed by atoms with van der Waals surface area (Å²) in [5, 5.41) is 2.77. The Labute approximate surface area is 125 Å². The van der Waals surface area contributed by atoms with Crippen molar-refractivity contribution in [1.82, 2.24) is 0 Å². The second kappa shape index (κ2) is 6.44. The van der Waals surface area contributed by atoms with Gasteiger partial charge < -0.3 is 11.1 Å². The summed E-state index contributed by atoms with van der Waals surface area (Å²) in [4.78, 5) is 11.8. The summed E-state index contributed by atoms with van der Waals surface area (Å²) in [6, 6.07) is 6.89. The van der Waals surface area contributed by atoms with Gasteiger partial charge in [0.05, 0.1) is 11.4 Å². The van der Waals surface area contributed by atoms with Crippen LogP contribution in [0.15, 0.2) is 24.3 Å². The van der Waals surface area contributed by atoms with Crippen LogP contribution in [0.25, 0.3) is 0 Å². The topological polar surface area (TPSA) is 92.5 Å². The molecule has 0 saturated carbocycles. The number of carbonyl (C=O) groups excluding carboxylic acids is 1. The van der Waals surface area contributed by atoms with Crippen molar-refractivity contribution in [2.75, 3.05) is 21.9 Å². The Morgan fingerprint density at radius 1 is 1.48 bits per heavy atom. The van der Waals surface area contributed by atoms with Gasteiger partial charge in [-0.3, -0.25) is 9.10 Å². The molecule has 1 aliphatic rings. The van der Waals surface area contributed by atoms with Crippen LogP contribution < -0.4 is 15.4 Å². The largest absolute Gasteiger partial charge is 0.328 e. The van der Waals surface area contributed by atoms with E-state index in [1.807, 2.05) is 6.92 Å². The number of nitrogens with zero attached hydrogens (tertiary/aromatic N) is 1. The quantitative estimate of drug-likeness (QED) is 0.857. The molecule has 0 radical (unpaired) electrons. The maximum absolute atomic E-state index is 11.9. The summed E-state index contributed by atoms with van der Waals surface area (Å²) in [5.74, 6) is 0.0616. The highest BCUT2D eigenvalue weighted by Crippen LogP contribution is 2.26. The Morgan fingerprint density at radius 3 is 2.86 bits per heavy atom. The SMILES string of the molecule is CC(N)CCC(=O)Nc1cccc(N2CCCS2(=O)=O)c1. The summed E-state index contributed by atoms with van der Waals surface area (Å²) in [6.07, 6.45) is 1.60. The smallest absolute Gasteiger partial charge is 0.235 e. The normalized spacial score (nSPS) is 18.5. The van der Waals surface area contributed by atoms with Gasteiger partial charge in [-0.15, -0.1) is 0 Å². The van der Waals surface area contributed by atoms with E-state index in [0.717, 1.165) is 0 Å². The Hall–Kier alpha value is -1.60. The monoisotopic (exact) mass is 311 g/mol. The van der Waals surface area contributed by atoms with Gasteiger partial charge >= 0.3 is 0 Å². The van der Waals surface area contributed by atoms with Crippen molar-refractivity contribution in [1.29, 1.82) is 0 Å². The zero-order chi connectivity index (χ0) is 15.5. The van der Waals surface area contributed by atoms with Crippen molar-refractivity contribution in [2.24, 2.45) is 5.73 Å². The lowest BCUT2D eigenvalue weighted by Gasteiger charge is -2.17. The van der Waals surface area contributed by atoms with E-state index < -0.39 is 10.0 Å². The van der Waals surface area contributed by atoms with Crippen molar-refractivity contribution in [3.63, 3.8) is 0 Å². The number of anilines is 2. The molecule has 116 valence electrons. The van der Waals surface area contributed by atoms with Crippen molar-refractivity contribution < 1.29 is 13.2 Å². The first-order valence-corrected chi connectivity index (χ1v) is 8.65. The number of carbonyl (C=O) groups is 1. The first-order chi connectivity index (χ1) is 9.88. The molecule has 0 aromatic heterocycles. The Kier molecular flexibility index (Phi) is 4.84. The maximum atomic E-state index is 11.9. The van der Waals surface area contributed by atoms with Gasteiger partial charge in [-0.05, 0) is 38.0 Å². The van der Waals surface area contributed by atoms with Gasteiger partial charge in [0, 0.05) is 24.7 Å². The molecule has 7 heteroatoms. The average Bonchev–Trinajstić information content (AvgIpc) is 2.76. The fraction of sp³-hybridized carbons (Fsp3) is 0.500. The molecule has 1 aromatic rings. The van der Waals surface area contributed by atoms with Gasteiger partial charge in [0.2, 0.25) is 15.9 Å². The molecular weight excluding hydrogens is 290 g/mol. The molecule has 1 heterocycles. The van der Waals surface area contributed by atoms with E-state index in [2.05, 4.69) is 5.32 Å². The number of amides is 1. The predicted octanol–water partition coefficient (Wildman–Crippen LogP) is 1.29. The third-order valence-electron chi connectivity index (χ3n) is 3.34. The van der Waals surface area contributed by atoms with Crippen LogP contribution >= 0.6 is 0 Å². The standard InChI is InChI=1S/C14H21N3O3S/c1-11(15)6-7-14(18)16-12-4-2-5-13(10-12)17-8-3-9-21(17,19)20/h2,4-5,10-11H,3,6-9,15H2,1H3,(H,16,18). The van der Waals surface area contributed by atoms with Crippen molar-refractivity contribution in [2.45, 2.75) is 32.2 Å². The molecule has 6 nitrogen and oxygen atoms in total. The first-order valence-electron chi connectivity index (χ1n) is 7.04. The molecule has 1 saturated heterocycles. The Bertz CT molecular complexity index is 614. The maximum Gasteiger partial charge on any atom is 0.235 e. The van der Waals surface area contributed by atoms with E-state index in [0.29, 0.717) is 37.2 Å². The number of benzene rings is 1. The van der Waals surface area contributed by atoms with Crippen LogP contribution in [0, 0.1) is 0 Å². The zero-order valence-corrected chi connectivity index (χ0v) is 12.9. The Balaban J connectivity index is 2.06. The minimum atomic E-state index is -3.20. The fourth-order valence-corrected chi connectivity index (χ4v) is 3.81. The van der Waals surface area contributed by atoms with Gasteiger partial charge in [-0.2, -0.15) is 0 Å². The summed E-state index contributed by atoms with van der Waals surface area (Å²) in [6.45, 7) is 2.34. The minimum Gasteiger partial charge on any atom is -0.328 e. The molecule has 1 unspecified atom stereocenters. The molecule has 0 spiro atoms. The fourth-order valence-electron chi connectivity index (χ4n) is 2.25. The highest BCUT2D eigenvalue weighted by atomic mass is 32.2. The lowest BCUT2D eigenvalue weighted by atomic mass is 10.2. The lowest BCUT2D eigenvalue weighted by Crippen LogP contribution is -2.25. The molecule has 1 atom stereocenters. The van der Waals surface area contributed by atoms with Crippen LogP contribution in [-0.4, -0.2) is 32.7 Å². The molecule has 0 bridgehead atoms. The molecule has 1 aliphatic heterocycles. The predicted molar refractivity (Wildman–Crippen MR) is 83.7 cm³/mol. The molecule has 1 aromatic carbocycles. The minimum absolute atomic E-state index is 0.0168. The molecular formula is C14H21N3O3S. The highest BCUT2D eigenvalue weighted by molar-refractivity contribution is 7.93. The van der Waals surface area contributed by atoms with E-state index in [1.165, 1.54) is 4.31 Å². The van der Waals surface area contributed by atoms with Crippen LogP contribution in [0.5, 0.6) is 0 Å².